The maximum absolute atomic E-state index is 10.7. The SMILES string of the molecule is CCCC1=NSC2=NCC(c3ccc([N+](=O)[O-])cc3)=NN12. The number of rotatable bonds is 4. The van der Waals surface area contributed by atoms with Crippen LogP contribution in [0.15, 0.2) is 38.8 Å². The first kappa shape index (κ1) is 13.7. The predicted molar refractivity (Wildman–Crippen MR) is 83.7 cm³/mol. The van der Waals surface area contributed by atoms with E-state index in [-0.39, 0.29) is 5.69 Å². The van der Waals surface area contributed by atoms with Gasteiger partial charge in [0.05, 0.1) is 29.1 Å². The Hall–Kier alpha value is -2.22. The lowest BCUT2D eigenvalue weighted by molar-refractivity contribution is -0.384. The largest absolute Gasteiger partial charge is 0.269 e. The van der Waals surface area contributed by atoms with E-state index in [1.165, 1.54) is 24.1 Å². The minimum Gasteiger partial charge on any atom is -0.258 e. The fourth-order valence-corrected chi connectivity index (χ4v) is 2.77. The van der Waals surface area contributed by atoms with Crippen LogP contribution in [0.4, 0.5) is 5.69 Å². The summed E-state index contributed by atoms with van der Waals surface area (Å²) in [5.74, 6) is 0.903. The Bertz CT molecular complexity index is 666. The molecule has 0 amide bonds. The zero-order chi connectivity index (χ0) is 14.8. The molecule has 0 unspecified atom stereocenters. The van der Waals surface area contributed by atoms with Gasteiger partial charge in [-0.2, -0.15) is 14.5 Å². The summed E-state index contributed by atoms with van der Waals surface area (Å²) in [5.41, 5.74) is 1.71. The maximum Gasteiger partial charge on any atom is 0.269 e. The smallest absolute Gasteiger partial charge is 0.258 e. The van der Waals surface area contributed by atoms with E-state index in [0.29, 0.717) is 6.54 Å². The van der Waals surface area contributed by atoms with Crippen molar-refractivity contribution < 1.29 is 4.92 Å². The lowest BCUT2D eigenvalue weighted by atomic mass is 10.1. The summed E-state index contributed by atoms with van der Waals surface area (Å²) < 4.78 is 4.37. The molecule has 0 aliphatic carbocycles. The summed E-state index contributed by atoms with van der Waals surface area (Å²) in [5, 5.41) is 17.8. The molecule has 2 aliphatic heterocycles. The van der Waals surface area contributed by atoms with E-state index in [0.717, 1.165) is 35.1 Å². The van der Waals surface area contributed by atoms with Gasteiger partial charge in [-0.1, -0.05) is 6.92 Å². The Morgan fingerprint density at radius 1 is 1.38 bits per heavy atom. The first-order valence-electron chi connectivity index (χ1n) is 6.60. The van der Waals surface area contributed by atoms with Gasteiger partial charge in [-0.15, -0.1) is 0 Å². The summed E-state index contributed by atoms with van der Waals surface area (Å²) in [4.78, 5) is 14.7. The third-order valence-electron chi connectivity index (χ3n) is 3.13. The van der Waals surface area contributed by atoms with Gasteiger partial charge in [0.2, 0.25) is 5.17 Å². The molecular formula is C13H13N5O2S. The van der Waals surface area contributed by atoms with Crippen molar-refractivity contribution in [3.8, 4) is 0 Å². The molecule has 0 spiro atoms. The molecule has 0 atom stereocenters. The van der Waals surface area contributed by atoms with Crippen LogP contribution in [0.25, 0.3) is 0 Å². The van der Waals surface area contributed by atoms with Crippen molar-refractivity contribution in [1.29, 1.82) is 0 Å². The Labute approximate surface area is 125 Å². The molecule has 8 heteroatoms. The zero-order valence-corrected chi connectivity index (χ0v) is 12.2. The highest BCUT2D eigenvalue weighted by Gasteiger charge is 2.28. The molecule has 0 aromatic heterocycles. The molecular weight excluding hydrogens is 290 g/mol. The Kier molecular flexibility index (Phi) is 3.70. The minimum absolute atomic E-state index is 0.0734. The quantitative estimate of drug-likeness (QED) is 0.486. The predicted octanol–water partition coefficient (Wildman–Crippen LogP) is 2.83. The first-order chi connectivity index (χ1) is 10.2. The standard InChI is InChI=1S/C13H13N5O2S/c1-2-3-12-16-21-13-14-8-11(15-17(12)13)9-4-6-10(7-5-9)18(19)20/h4-7H,2-3,8H2,1H3. The van der Waals surface area contributed by atoms with Gasteiger partial charge in [0.1, 0.15) is 5.84 Å². The van der Waals surface area contributed by atoms with E-state index in [2.05, 4.69) is 21.4 Å². The maximum atomic E-state index is 10.7. The van der Waals surface area contributed by atoms with Crippen LogP contribution in [0, 0.1) is 10.1 Å². The summed E-state index contributed by atoms with van der Waals surface area (Å²) in [6.07, 6.45) is 1.84. The second-order valence-electron chi connectivity index (χ2n) is 4.61. The van der Waals surface area contributed by atoms with Crippen molar-refractivity contribution in [3.63, 3.8) is 0 Å². The van der Waals surface area contributed by atoms with E-state index < -0.39 is 4.92 Å². The highest BCUT2D eigenvalue weighted by molar-refractivity contribution is 8.13. The molecule has 0 N–H and O–H groups in total. The van der Waals surface area contributed by atoms with Crippen LogP contribution in [-0.4, -0.2) is 33.2 Å². The monoisotopic (exact) mass is 303 g/mol. The molecule has 0 saturated heterocycles. The summed E-state index contributed by atoms with van der Waals surface area (Å²) in [6, 6.07) is 6.38. The van der Waals surface area contributed by atoms with Crippen LogP contribution >= 0.6 is 11.9 Å². The van der Waals surface area contributed by atoms with Gasteiger partial charge < -0.3 is 0 Å². The molecule has 3 rings (SSSR count). The van der Waals surface area contributed by atoms with Crippen LogP contribution in [0.5, 0.6) is 0 Å². The van der Waals surface area contributed by atoms with Crippen molar-refractivity contribution in [3.05, 3.63) is 39.9 Å². The normalized spacial score (nSPS) is 17.0. The molecule has 2 aliphatic rings. The van der Waals surface area contributed by atoms with Gasteiger partial charge in [-0.25, -0.2) is 0 Å². The van der Waals surface area contributed by atoms with Crippen LogP contribution in [0.2, 0.25) is 0 Å². The van der Waals surface area contributed by atoms with Crippen LogP contribution in [0.1, 0.15) is 25.3 Å². The first-order valence-corrected chi connectivity index (χ1v) is 7.37. The van der Waals surface area contributed by atoms with Crippen LogP contribution in [0.3, 0.4) is 0 Å². The minimum atomic E-state index is -0.411. The molecule has 1 aromatic rings. The number of hydrogen-bond acceptors (Lipinski definition) is 7. The molecule has 7 nitrogen and oxygen atoms in total. The topological polar surface area (TPSA) is 83.5 Å². The second kappa shape index (κ2) is 5.65. The molecule has 0 bridgehead atoms. The lowest BCUT2D eigenvalue weighted by Crippen LogP contribution is -2.31. The molecule has 0 fully saturated rings. The molecule has 21 heavy (non-hydrogen) atoms. The molecule has 0 saturated carbocycles. The fourth-order valence-electron chi connectivity index (χ4n) is 2.07. The van der Waals surface area contributed by atoms with E-state index in [4.69, 9.17) is 0 Å². The summed E-state index contributed by atoms with van der Waals surface area (Å²) in [7, 11) is 0. The van der Waals surface area contributed by atoms with Crippen molar-refractivity contribution in [2.45, 2.75) is 19.8 Å². The van der Waals surface area contributed by atoms with Gasteiger partial charge in [0.15, 0.2) is 0 Å². The molecule has 2 heterocycles. The van der Waals surface area contributed by atoms with E-state index in [9.17, 15) is 10.1 Å². The number of nitro groups is 1. The molecule has 0 radical (unpaired) electrons. The second-order valence-corrected chi connectivity index (χ2v) is 5.34. The fraction of sp³-hybridized carbons (Fsp3) is 0.308. The number of amidine groups is 2. The third-order valence-corrected chi connectivity index (χ3v) is 3.90. The highest BCUT2D eigenvalue weighted by Crippen LogP contribution is 2.26. The van der Waals surface area contributed by atoms with Crippen LogP contribution < -0.4 is 0 Å². The van der Waals surface area contributed by atoms with E-state index in [1.54, 1.807) is 17.1 Å². The number of aliphatic imine (C=N–C) groups is 1. The Morgan fingerprint density at radius 2 is 2.14 bits per heavy atom. The average Bonchev–Trinajstić information content (AvgIpc) is 2.90. The number of nitro benzene ring substituents is 1. The van der Waals surface area contributed by atoms with E-state index in [1.807, 2.05) is 0 Å². The van der Waals surface area contributed by atoms with Crippen molar-refractivity contribution in [2.24, 2.45) is 14.5 Å². The summed E-state index contributed by atoms with van der Waals surface area (Å²) in [6.45, 7) is 2.55. The van der Waals surface area contributed by atoms with Crippen LogP contribution in [-0.2, 0) is 0 Å². The van der Waals surface area contributed by atoms with Gasteiger partial charge in [-0.3, -0.25) is 15.1 Å². The number of nitrogens with zero attached hydrogens (tertiary/aromatic N) is 5. The number of non-ortho nitro benzene ring substituents is 1. The number of fused-ring (bicyclic) bond motifs is 1. The Balaban J connectivity index is 1.85. The van der Waals surface area contributed by atoms with Gasteiger partial charge in [0, 0.05) is 24.1 Å². The number of hydrogen-bond donors (Lipinski definition) is 0. The van der Waals surface area contributed by atoms with E-state index >= 15 is 0 Å². The molecule has 108 valence electrons. The van der Waals surface area contributed by atoms with Gasteiger partial charge >= 0.3 is 0 Å². The van der Waals surface area contributed by atoms with Crippen molar-refractivity contribution >= 4 is 34.4 Å². The van der Waals surface area contributed by atoms with Crippen molar-refractivity contribution in [1.82, 2.24) is 5.01 Å². The number of hydrazone groups is 1. The summed E-state index contributed by atoms with van der Waals surface area (Å²) >= 11 is 1.35. The number of benzene rings is 1. The lowest BCUT2D eigenvalue weighted by Gasteiger charge is -2.19. The van der Waals surface area contributed by atoms with Gasteiger partial charge in [0.25, 0.3) is 5.69 Å². The zero-order valence-electron chi connectivity index (χ0n) is 11.4. The van der Waals surface area contributed by atoms with Gasteiger partial charge in [-0.05, 0) is 18.6 Å². The third kappa shape index (κ3) is 2.66. The Morgan fingerprint density at radius 3 is 2.81 bits per heavy atom. The molecule has 1 aromatic carbocycles. The van der Waals surface area contributed by atoms with Crippen molar-refractivity contribution in [2.75, 3.05) is 6.54 Å². The highest BCUT2D eigenvalue weighted by atomic mass is 32.2. The average molecular weight is 303 g/mol.